The molecule has 2 atom stereocenters. The maximum atomic E-state index is 13.0. The number of benzene rings is 1. The van der Waals surface area contributed by atoms with E-state index >= 15 is 0 Å². The van der Waals surface area contributed by atoms with Crippen LogP contribution in [0.2, 0.25) is 10.0 Å². The summed E-state index contributed by atoms with van der Waals surface area (Å²) in [5.74, 6) is -1.36. The molecule has 0 radical (unpaired) electrons. The van der Waals surface area contributed by atoms with E-state index in [1.165, 1.54) is 43.9 Å². The maximum absolute atomic E-state index is 13.0. The van der Waals surface area contributed by atoms with Gasteiger partial charge in [0.05, 0.1) is 11.9 Å². The lowest BCUT2D eigenvalue weighted by Gasteiger charge is -2.32. The Morgan fingerprint density at radius 3 is 2.00 bits per heavy atom. The number of carbonyl (C=O) groups is 2. The van der Waals surface area contributed by atoms with Crippen molar-refractivity contribution in [3.8, 4) is 0 Å². The molecule has 2 unspecified atom stereocenters. The zero-order valence-corrected chi connectivity index (χ0v) is 18.4. The molecule has 1 rings (SSSR count). The summed E-state index contributed by atoms with van der Waals surface area (Å²) < 4.78 is 30.0. The van der Waals surface area contributed by atoms with Gasteiger partial charge < -0.3 is 9.64 Å². The normalized spacial score (nSPS) is 13.9. The summed E-state index contributed by atoms with van der Waals surface area (Å²) in [6.07, 6.45) is 0. The lowest BCUT2D eigenvalue weighted by molar-refractivity contribution is -0.155. The van der Waals surface area contributed by atoms with Gasteiger partial charge in [-0.2, -0.15) is 0 Å². The number of likely N-dealkylation sites (N-methyl/N-ethyl adjacent to an activating group) is 1. The average Bonchev–Trinajstić information content (AvgIpc) is 2.57. The number of carbonyl (C=O) groups excluding carboxylic acids is 2. The Balaban J connectivity index is 3.44. The van der Waals surface area contributed by atoms with Gasteiger partial charge >= 0.3 is 5.97 Å². The Morgan fingerprint density at radius 2 is 1.59 bits per heavy atom. The van der Waals surface area contributed by atoms with E-state index in [1.807, 2.05) is 0 Å². The largest absolute Gasteiger partial charge is 0.464 e. The fraction of sp³-hybridized carbons (Fsp3) is 0.556. The monoisotopic (exact) mass is 437 g/mol. The summed E-state index contributed by atoms with van der Waals surface area (Å²) >= 11 is 12.1. The van der Waals surface area contributed by atoms with Gasteiger partial charge in [0.1, 0.15) is 5.25 Å². The molecule has 0 aliphatic carbocycles. The molecule has 0 N–H and O–H groups in total. The van der Waals surface area contributed by atoms with Crippen LogP contribution in [0.25, 0.3) is 0 Å². The molecule has 9 heteroatoms. The van der Waals surface area contributed by atoms with Gasteiger partial charge in [0.15, 0.2) is 15.9 Å². The molecule has 1 aromatic rings. The van der Waals surface area contributed by atoms with Crippen molar-refractivity contribution in [2.24, 2.45) is 0 Å². The van der Waals surface area contributed by atoms with Crippen LogP contribution in [0.3, 0.4) is 0 Å². The van der Waals surface area contributed by atoms with Crippen LogP contribution in [-0.2, 0) is 24.2 Å². The number of halogens is 2. The molecule has 1 aromatic carbocycles. The van der Waals surface area contributed by atoms with Crippen molar-refractivity contribution in [1.29, 1.82) is 0 Å². The number of sulfone groups is 1. The number of nitrogens with zero attached hydrogens (tertiary/aromatic N) is 1. The molecule has 0 aromatic heterocycles. The van der Waals surface area contributed by atoms with Crippen LogP contribution in [0.5, 0.6) is 0 Å². The summed E-state index contributed by atoms with van der Waals surface area (Å²) in [4.78, 5) is 26.8. The Hall–Kier alpha value is -1.31. The van der Waals surface area contributed by atoms with Gasteiger partial charge in [-0.15, -0.1) is 0 Å². The standard InChI is InChI=1S/C18H25Cl2NO5S/c1-6-21(17(22)12(5)27(24,25)11(3)4)16(18(23)26-7-2)13-8-14(19)10-15(20)9-13/h8-12,16H,6-7H2,1-5H3. The van der Waals surface area contributed by atoms with Crippen LogP contribution >= 0.6 is 23.2 Å². The smallest absolute Gasteiger partial charge is 0.333 e. The van der Waals surface area contributed by atoms with E-state index < -0.39 is 38.3 Å². The van der Waals surface area contributed by atoms with Crippen molar-refractivity contribution >= 4 is 44.9 Å². The number of amides is 1. The van der Waals surface area contributed by atoms with Crippen LogP contribution in [0.15, 0.2) is 18.2 Å². The minimum Gasteiger partial charge on any atom is -0.464 e. The number of rotatable bonds is 8. The topological polar surface area (TPSA) is 80.8 Å². The first-order chi connectivity index (χ1) is 12.5. The first-order valence-electron chi connectivity index (χ1n) is 8.63. The third-order valence-corrected chi connectivity index (χ3v) is 7.08. The molecule has 0 spiro atoms. The van der Waals surface area contributed by atoms with Gasteiger partial charge in [0.2, 0.25) is 5.91 Å². The molecular weight excluding hydrogens is 413 g/mol. The predicted octanol–water partition coefficient (Wildman–Crippen LogP) is 3.66. The molecule has 0 aliphatic rings. The SMILES string of the molecule is CCOC(=O)C(c1cc(Cl)cc(Cl)c1)N(CC)C(=O)C(C)S(=O)(=O)C(C)C. The Morgan fingerprint density at radius 1 is 1.07 bits per heavy atom. The van der Waals surface area contributed by atoms with Gasteiger partial charge in [-0.3, -0.25) is 4.79 Å². The molecule has 0 saturated heterocycles. The summed E-state index contributed by atoms with van der Waals surface area (Å²) in [5, 5.41) is -1.45. The molecule has 0 saturated carbocycles. The quantitative estimate of drug-likeness (QED) is 0.579. The van der Waals surface area contributed by atoms with Crippen molar-refractivity contribution in [2.45, 2.75) is 51.2 Å². The third kappa shape index (κ3) is 5.59. The van der Waals surface area contributed by atoms with Crippen LogP contribution in [0.1, 0.15) is 46.2 Å². The Kier molecular flexibility index (Phi) is 8.57. The minimum absolute atomic E-state index is 0.102. The van der Waals surface area contributed by atoms with Crippen molar-refractivity contribution < 1.29 is 22.7 Å². The number of hydrogen-bond acceptors (Lipinski definition) is 5. The van der Waals surface area contributed by atoms with E-state index in [4.69, 9.17) is 27.9 Å². The highest BCUT2D eigenvalue weighted by Crippen LogP contribution is 2.29. The zero-order valence-electron chi connectivity index (χ0n) is 16.0. The number of esters is 1. The minimum atomic E-state index is -3.70. The summed E-state index contributed by atoms with van der Waals surface area (Å²) in [7, 11) is -3.70. The van der Waals surface area contributed by atoms with E-state index in [-0.39, 0.29) is 23.2 Å². The highest BCUT2D eigenvalue weighted by atomic mass is 35.5. The van der Waals surface area contributed by atoms with Crippen LogP contribution < -0.4 is 0 Å². The molecule has 152 valence electrons. The second kappa shape index (κ2) is 9.75. The molecule has 0 fully saturated rings. The van der Waals surface area contributed by atoms with E-state index in [0.717, 1.165) is 0 Å². The van der Waals surface area contributed by atoms with Gasteiger partial charge in [0, 0.05) is 16.6 Å². The molecule has 6 nitrogen and oxygen atoms in total. The van der Waals surface area contributed by atoms with E-state index in [0.29, 0.717) is 5.56 Å². The third-order valence-electron chi connectivity index (χ3n) is 4.14. The zero-order chi connectivity index (χ0) is 20.9. The first kappa shape index (κ1) is 23.7. The molecular formula is C18H25Cl2NO5S. The highest BCUT2D eigenvalue weighted by molar-refractivity contribution is 7.93. The predicted molar refractivity (Wildman–Crippen MR) is 107 cm³/mol. The number of ether oxygens (including phenoxy) is 1. The van der Waals surface area contributed by atoms with Gasteiger partial charge in [-0.05, 0) is 58.4 Å². The van der Waals surface area contributed by atoms with E-state index in [1.54, 1.807) is 13.8 Å². The Bertz CT molecular complexity index is 775. The maximum Gasteiger partial charge on any atom is 0.333 e. The van der Waals surface area contributed by atoms with Crippen molar-refractivity contribution in [2.75, 3.05) is 13.2 Å². The van der Waals surface area contributed by atoms with Crippen molar-refractivity contribution in [3.05, 3.63) is 33.8 Å². The molecule has 0 bridgehead atoms. The number of hydrogen-bond donors (Lipinski definition) is 0. The Labute approximate surface area is 170 Å². The molecule has 0 heterocycles. The van der Waals surface area contributed by atoms with Crippen LogP contribution in [-0.4, -0.2) is 48.8 Å². The second-order valence-electron chi connectivity index (χ2n) is 6.26. The highest BCUT2D eigenvalue weighted by Gasteiger charge is 2.39. The van der Waals surface area contributed by atoms with Gasteiger partial charge in [0.25, 0.3) is 0 Å². The van der Waals surface area contributed by atoms with Crippen molar-refractivity contribution in [3.63, 3.8) is 0 Å². The molecule has 0 aliphatic heterocycles. The van der Waals surface area contributed by atoms with Crippen LogP contribution in [0, 0.1) is 0 Å². The second-order valence-corrected chi connectivity index (χ2v) is 9.96. The van der Waals surface area contributed by atoms with E-state index in [2.05, 4.69) is 0 Å². The van der Waals surface area contributed by atoms with Crippen molar-refractivity contribution in [1.82, 2.24) is 4.90 Å². The summed E-state index contributed by atoms with van der Waals surface area (Å²) in [6, 6.07) is 3.36. The summed E-state index contributed by atoms with van der Waals surface area (Å²) in [5.41, 5.74) is 0.357. The van der Waals surface area contributed by atoms with Gasteiger partial charge in [-0.1, -0.05) is 23.2 Å². The summed E-state index contributed by atoms with van der Waals surface area (Å²) in [6.45, 7) is 7.85. The van der Waals surface area contributed by atoms with Gasteiger partial charge in [-0.25, -0.2) is 13.2 Å². The molecule has 27 heavy (non-hydrogen) atoms. The van der Waals surface area contributed by atoms with E-state index in [9.17, 15) is 18.0 Å². The lowest BCUT2D eigenvalue weighted by Crippen LogP contribution is -2.47. The molecule has 1 amide bonds. The van der Waals surface area contributed by atoms with Crippen LogP contribution in [0.4, 0.5) is 0 Å². The lowest BCUT2D eigenvalue weighted by atomic mass is 10.0. The fourth-order valence-corrected chi connectivity index (χ4v) is 4.42. The fourth-order valence-electron chi connectivity index (χ4n) is 2.65. The first-order valence-corrected chi connectivity index (χ1v) is 11.0. The average molecular weight is 438 g/mol.